The van der Waals surface area contributed by atoms with E-state index >= 15 is 0 Å². The maximum Gasteiger partial charge on any atom is 0.110 e. The highest BCUT2D eigenvalue weighted by Crippen LogP contribution is 2.30. The third-order valence-corrected chi connectivity index (χ3v) is 3.81. The molecule has 0 spiro atoms. The number of nitrogens with zero attached hydrogens (tertiary/aromatic N) is 2. The van der Waals surface area contributed by atoms with E-state index in [0.717, 1.165) is 25.5 Å². The Balaban J connectivity index is 1.67. The van der Waals surface area contributed by atoms with Crippen LogP contribution in [0.5, 0.6) is 0 Å². The first-order valence-electron chi connectivity index (χ1n) is 6.58. The van der Waals surface area contributed by atoms with Crippen LogP contribution >= 0.6 is 0 Å². The Hall–Kier alpha value is -1.61. The predicted octanol–water partition coefficient (Wildman–Crippen LogP) is 2.65. The average molecular weight is 241 g/mol. The van der Waals surface area contributed by atoms with Crippen molar-refractivity contribution in [1.29, 1.82) is 0 Å². The van der Waals surface area contributed by atoms with Gasteiger partial charge in [0.2, 0.25) is 0 Å². The Morgan fingerprint density at radius 2 is 2.11 bits per heavy atom. The fourth-order valence-corrected chi connectivity index (χ4v) is 2.87. The van der Waals surface area contributed by atoms with Crippen LogP contribution in [0.2, 0.25) is 0 Å². The van der Waals surface area contributed by atoms with Crippen LogP contribution in [-0.2, 0) is 6.54 Å². The van der Waals surface area contributed by atoms with E-state index in [4.69, 9.17) is 0 Å². The van der Waals surface area contributed by atoms with Crippen molar-refractivity contribution >= 4 is 0 Å². The van der Waals surface area contributed by atoms with E-state index < -0.39 is 0 Å². The normalized spacial score (nSPS) is 24.5. The van der Waals surface area contributed by atoms with Crippen molar-refractivity contribution in [2.45, 2.75) is 19.4 Å². The summed E-state index contributed by atoms with van der Waals surface area (Å²) < 4.78 is 0. The Morgan fingerprint density at radius 1 is 1.28 bits per heavy atom. The summed E-state index contributed by atoms with van der Waals surface area (Å²) in [5.74, 6) is 2.35. The summed E-state index contributed by atoms with van der Waals surface area (Å²) in [6.07, 6.45) is 3.77. The lowest BCUT2D eigenvalue weighted by atomic mass is 9.98. The Morgan fingerprint density at radius 3 is 2.83 bits per heavy atom. The van der Waals surface area contributed by atoms with E-state index in [9.17, 15) is 0 Å². The highest BCUT2D eigenvalue weighted by Gasteiger charge is 2.31. The first-order chi connectivity index (χ1) is 8.83. The maximum atomic E-state index is 4.41. The van der Waals surface area contributed by atoms with Crippen LogP contribution in [0, 0.1) is 5.92 Å². The number of hydrogen-bond donors (Lipinski definition) is 1. The second-order valence-electron chi connectivity index (χ2n) is 5.24. The van der Waals surface area contributed by atoms with Gasteiger partial charge < -0.3 is 4.98 Å². The predicted molar refractivity (Wildman–Crippen MR) is 72.2 cm³/mol. The van der Waals surface area contributed by atoms with Crippen molar-refractivity contribution in [1.82, 2.24) is 14.9 Å². The smallest absolute Gasteiger partial charge is 0.110 e. The zero-order chi connectivity index (χ0) is 12.4. The van der Waals surface area contributed by atoms with Gasteiger partial charge in [-0.25, -0.2) is 4.98 Å². The Labute approximate surface area is 108 Å². The van der Waals surface area contributed by atoms with Crippen LogP contribution in [0.1, 0.15) is 24.2 Å². The summed E-state index contributed by atoms with van der Waals surface area (Å²) in [7, 11) is 0. The van der Waals surface area contributed by atoms with Crippen molar-refractivity contribution < 1.29 is 0 Å². The van der Waals surface area contributed by atoms with Crippen molar-refractivity contribution in [3.63, 3.8) is 0 Å². The SMILES string of the molecule is CC1CN(Cc2ccccc2)CC1c1ncc[nH]1. The topological polar surface area (TPSA) is 31.9 Å². The standard InChI is InChI=1S/C15H19N3/c1-12-9-18(10-13-5-3-2-4-6-13)11-14(12)15-16-7-8-17-15/h2-8,12,14H,9-11H2,1H3,(H,16,17). The van der Waals surface area contributed by atoms with Gasteiger partial charge in [0, 0.05) is 37.9 Å². The number of hydrogen-bond acceptors (Lipinski definition) is 2. The summed E-state index contributed by atoms with van der Waals surface area (Å²) in [4.78, 5) is 10.2. The molecule has 1 aromatic carbocycles. The molecule has 18 heavy (non-hydrogen) atoms. The molecule has 0 amide bonds. The van der Waals surface area contributed by atoms with Crippen LogP contribution in [0.3, 0.4) is 0 Å². The van der Waals surface area contributed by atoms with Gasteiger partial charge in [0.05, 0.1) is 0 Å². The minimum Gasteiger partial charge on any atom is -0.348 e. The molecule has 94 valence electrons. The van der Waals surface area contributed by atoms with E-state index in [0.29, 0.717) is 11.8 Å². The van der Waals surface area contributed by atoms with Gasteiger partial charge in [-0.05, 0) is 11.5 Å². The molecule has 3 nitrogen and oxygen atoms in total. The minimum atomic E-state index is 0.545. The molecule has 3 rings (SSSR count). The van der Waals surface area contributed by atoms with Crippen molar-refractivity contribution in [3.8, 4) is 0 Å². The summed E-state index contributed by atoms with van der Waals surface area (Å²) in [6, 6.07) is 10.7. The van der Waals surface area contributed by atoms with Crippen molar-refractivity contribution in [2.24, 2.45) is 5.92 Å². The minimum absolute atomic E-state index is 0.545. The number of aromatic nitrogens is 2. The first-order valence-corrected chi connectivity index (χ1v) is 6.58. The summed E-state index contributed by atoms with van der Waals surface area (Å²) in [5, 5.41) is 0. The molecule has 2 aromatic rings. The number of benzene rings is 1. The number of imidazole rings is 1. The molecular formula is C15H19N3. The van der Waals surface area contributed by atoms with Gasteiger partial charge in [0.25, 0.3) is 0 Å². The molecule has 2 atom stereocenters. The fraction of sp³-hybridized carbons (Fsp3) is 0.400. The quantitative estimate of drug-likeness (QED) is 0.896. The van der Waals surface area contributed by atoms with Crippen LogP contribution < -0.4 is 0 Å². The first kappa shape index (κ1) is 11.5. The molecule has 0 bridgehead atoms. The molecule has 1 fully saturated rings. The summed E-state index contributed by atoms with van der Waals surface area (Å²) >= 11 is 0. The number of nitrogens with one attached hydrogen (secondary N) is 1. The monoisotopic (exact) mass is 241 g/mol. The van der Waals surface area contributed by atoms with Crippen LogP contribution in [0.4, 0.5) is 0 Å². The van der Waals surface area contributed by atoms with E-state index in [2.05, 4.69) is 52.1 Å². The molecule has 1 aromatic heterocycles. The molecule has 2 heterocycles. The van der Waals surface area contributed by atoms with E-state index in [1.807, 2.05) is 12.4 Å². The molecule has 1 aliphatic rings. The van der Waals surface area contributed by atoms with Gasteiger partial charge in [0.1, 0.15) is 5.82 Å². The molecule has 1 N–H and O–H groups in total. The van der Waals surface area contributed by atoms with Crippen molar-refractivity contribution in [2.75, 3.05) is 13.1 Å². The molecule has 0 saturated carbocycles. The maximum absolute atomic E-state index is 4.41. The largest absolute Gasteiger partial charge is 0.348 e. The zero-order valence-electron chi connectivity index (χ0n) is 10.7. The average Bonchev–Trinajstić information content (AvgIpc) is 3.00. The van der Waals surface area contributed by atoms with Crippen molar-refractivity contribution in [3.05, 3.63) is 54.1 Å². The number of H-pyrrole nitrogens is 1. The number of likely N-dealkylation sites (tertiary alicyclic amines) is 1. The van der Waals surface area contributed by atoms with Gasteiger partial charge in [-0.3, -0.25) is 4.90 Å². The van der Waals surface area contributed by atoms with Gasteiger partial charge in [0.15, 0.2) is 0 Å². The Kier molecular flexibility index (Phi) is 3.15. The molecule has 0 radical (unpaired) electrons. The van der Waals surface area contributed by atoms with Gasteiger partial charge in [-0.2, -0.15) is 0 Å². The van der Waals surface area contributed by atoms with Crippen LogP contribution in [-0.4, -0.2) is 28.0 Å². The zero-order valence-corrected chi connectivity index (χ0v) is 10.7. The number of aromatic amines is 1. The molecule has 0 aliphatic carbocycles. The molecule has 1 saturated heterocycles. The van der Waals surface area contributed by atoms with E-state index in [-0.39, 0.29) is 0 Å². The van der Waals surface area contributed by atoms with Gasteiger partial charge in [-0.15, -0.1) is 0 Å². The number of rotatable bonds is 3. The van der Waals surface area contributed by atoms with Crippen LogP contribution in [0.25, 0.3) is 0 Å². The third kappa shape index (κ3) is 2.31. The fourth-order valence-electron chi connectivity index (χ4n) is 2.87. The lowest BCUT2D eigenvalue weighted by Gasteiger charge is -2.15. The lowest BCUT2D eigenvalue weighted by molar-refractivity contribution is 0.318. The highest BCUT2D eigenvalue weighted by molar-refractivity contribution is 5.15. The summed E-state index contributed by atoms with van der Waals surface area (Å²) in [5.41, 5.74) is 1.39. The highest BCUT2D eigenvalue weighted by atomic mass is 15.2. The molecule has 2 unspecified atom stereocenters. The second kappa shape index (κ2) is 4.94. The Bertz CT molecular complexity index is 478. The van der Waals surface area contributed by atoms with Gasteiger partial charge >= 0.3 is 0 Å². The van der Waals surface area contributed by atoms with E-state index in [1.165, 1.54) is 5.56 Å². The molecule has 3 heteroatoms. The lowest BCUT2D eigenvalue weighted by Crippen LogP contribution is -2.20. The van der Waals surface area contributed by atoms with Gasteiger partial charge in [-0.1, -0.05) is 37.3 Å². The second-order valence-corrected chi connectivity index (χ2v) is 5.24. The summed E-state index contributed by atoms with van der Waals surface area (Å²) in [6.45, 7) is 5.62. The molecular weight excluding hydrogens is 222 g/mol. The third-order valence-electron chi connectivity index (χ3n) is 3.81. The van der Waals surface area contributed by atoms with E-state index in [1.54, 1.807) is 0 Å². The molecule has 1 aliphatic heterocycles. The van der Waals surface area contributed by atoms with Crippen LogP contribution in [0.15, 0.2) is 42.7 Å².